The molecule has 5 aliphatic rings. The Morgan fingerprint density at radius 3 is 2.00 bits per heavy atom. The molecule has 2 amide bonds. The van der Waals surface area contributed by atoms with Gasteiger partial charge in [-0.25, -0.2) is 0 Å². The minimum absolute atomic E-state index is 0.0384. The van der Waals surface area contributed by atoms with Gasteiger partial charge in [0.1, 0.15) is 25.6 Å². The lowest BCUT2D eigenvalue weighted by Crippen LogP contribution is -2.42. The lowest BCUT2D eigenvalue weighted by Gasteiger charge is -2.28. The summed E-state index contributed by atoms with van der Waals surface area (Å²) in [7, 11) is 3.09. The molecule has 4 heterocycles. The lowest BCUT2D eigenvalue weighted by molar-refractivity contribution is -0.138. The van der Waals surface area contributed by atoms with E-state index in [9.17, 15) is 14.4 Å². The van der Waals surface area contributed by atoms with Crippen LogP contribution in [0.1, 0.15) is 39.0 Å². The van der Waals surface area contributed by atoms with Gasteiger partial charge in [0, 0.05) is 42.7 Å². The van der Waals surface area contributed by atoms with E-state index in [0.717, 1.165) is 33.6 Å². The maximum atomic E-state index is 14.1. The first kappa shape index (κ1) is 45.2. The molecule has 348 valence electrons. The summed E-state index contributed by atoms with van der Waals surface area (Å²) in [6.07, 6.45) is 8.69. The number of anilines is 2. The first-order valence-corrected chi connectivity index (χ1v) is 22.3. The summed E-state index contributed by atoms with van der Waals surface area (Å²) in [6, 6.07) is 24.2. The summed E-state index contributed by atoms with van der Waals surface area (Å²) in [6.45, 7) is 2.22. The number of aliphatic carboxylic acids is 1. The van der Waals surface area contributed by atoms with Crippen molar-refractivity contribution in [2.45, 2.75) is 50.6 Å². The third-order valence-corrected chi connectivity index (χ3v) is 12.1. The highest BCUT2D eigenvalue weighted by Crippen LogP contribution is 2.42. The van der Waals surface area contributed by atoms with E-state index in [1.807, 2.05) is 84.1 Å². The van der Waals surface area contributed by atoms with Crippen LogP contribution in [0.15, 0.2) is 113 Å². The zero-order valence-corrected chi connectivity index (χ0v) is 37.3. The Labute approximate surface area is 388 Å². The number of amides is 2. The Morgan fingerprint density at radius 1 is 0.672 bits per heavy atom. The second kappa shape index (κ2) is 20.7. The second-order valence-electron chi connectivity index (χ2n) is 16.5. The molecule has 4 atom stereocenters. The number of benzene rings is 4. The topological polar surface area (TPSA) is 176 Å². The van der Waals surface area contributed by atoms with Crippen LogP contribution in [0.2, 0.25) is 0 Å². The Balaban J connectivity index is 0.883. The van der Waals surface area contributed by atoms with Crippen LogP contribution < -0.4 is 24.0 Å². The van der Waals surface area contributed by atoms with Crippen LogP contribution >= 0.6 is 0 Å². The first-order valence-electron chi connectivity index (χ1n) is 22.3. The van der Waals surface area contributed by atoms with Gasteiger partial charge in [0.05, 0.1) is 95.6 Å². The number of para-hydroxylation sites is 2. The molecule has 0 saturated heterocycles. The minimum atomic E-state index is -0.907. The summed E-state index contributed by atoms with van der Waals surface area (Å²) in [5.74, 6) is 0.618. The van der Waals surface area contributed by atoms with Crippen molar-refractivity contribution in [2.75, 3.05) is 70.3 Å². The summed E-state index contributed by atoms with van der Waals surface area (Å²) in [5, 5.41) is 8.72. The normalized spacial score (nSPS) is 19.7. The highest BCUT2D eigenvalue weighted by Gasteiger charge is 2.42. The summed E-state index contributed by atoms with van der Waals surface area (Å²) < 4.78 is 47.1. The zero-order chi connectivity index (χ0) is 46.3. The van der Waals surface area contributed by atoms with Crippen LogP contribution in [0.4, 0.5) is 17.1 Å². The van der Waals surface area contributed by atoms with Gasteiger partial charge in [-0.2, -0.15) is 0 Å². The molecule has 4 aliphatic heterocycles. The number of nitrogens with zero attached hydrogens (tertiary/aromatic N) is 4. The molecule has 0 fully saturated rings. The Bertz CT molecular complexity index is 2630. The Hall–Kier alpha value is -7.01. The highest BCUT2D eigenvalue weighted by molar-refractivity contribution is 6.14. The van der Waals surface area contributed by atoms with E-state index in [0.29, 0.717) is 85.9 Å². The van der Waals surface area contributed by atoms with Crippen molar-refractivity contribution in [3.8, 4) is 17.2 Å². The van der Waals surface area contributed by atoms with Crippen LogP contribution in [0, 0.1) is 5.92 Å². The first-order chi connectivity index (χ1) is 32.8. The molecule has 1 N–H and O–H groups in total. The van der Waals surface area contributed by atoms with Gasteiger partial charge < -0.3 is 47.9 Å². The second-order valence-corrected chi connectivity index (χ2v) is 16.5. The van der Waals surface area contributed by atoms with Crippen molar-refractivity contribution < 1.29 is 57.4 Å². The number of hydrogen-bond donors (Lipinski definition) is 1. The average molecular weight is 913 g/mol. The van der Waals surface area contributed by atoms with E-state index >= 15 is 0 Å². The standard InChI is InChI=1S/C51H52N4O12/c1-60-45-24-39-41(52-28-36-22-34-7-3-5-9-43(34)54(36)50(39)58)26-47(45)66-30-32-19-33(21-38(20-32)65-18-17-64-16-15-63-14-13-62-12-11-49(56)57)31-67-48-27-42-40(25-46(48)61-2)51(59)55-37(29-53-42)23-35-8-4-6-10-44(35)55/h3-10,19-21,24-29,36-37,39,41H,11-18,22-23,30-31H2,1-2H3,(H,56,57)/t36-,37?,39?,41?/m0/s1. The molecule has 0 aromatic heterocycles. The van der Waals surface area contributed by atoms with Crippen molar-refractivity contribution in [3.63, 3.8) is 0 Å². The van der Waals surface area contributed by atoms with Gasteiger partial charge in [-0.05, 0) is 70.8 Å². The Kier molecular flexibility index (Phi) is 13.9. The fourth-order valence-corrected chi connectivity index (χ4v) is 8.91. The van der Waals surface area contributed by atoms with Crippen LogP contribution in [-0.2, 0) is 59.3 Å². The molecular formula is C51H52N4O12. The number of carbonyl (C=O) groups excluding carboxylic acids is 2. The van der Waals surface area contributed by atoms with E-state index in [1.165, 1.54) is 7.11 Å². The van der Waals surface area contributed by atoms with E-state index in [4.69, 9.17) is 53.0 Å². The number of carboxylic acids is 1. The number of hydrogen-bond acceptors (Lipinski definition) is 13. The van der Waals surface area contributed by atoms with Crippen LogP contribution in [-0.4, -0.2) is 114 Å². The molecule has 16 nitrogen and oxygen atoms in total. The fourth-order valence-electron chi connectivity index (χ4n) is 8.91. The molecule has 67 heavy (non-hydrogen) atoms. The van der Waals surface area contributed by atoms with Gasteiger partial charge in [0.2, 0.25) is 5.91 Å². The smallest absolute Gasteiger partial charge is 0.305 e. The molecule has 0 bridgehead atoms. The molecule has 4 aromatic rings. The molecule has 3 unspecified atom stereocenters. The number of carbonyl (C=O) groups is 3. The predicted octanol–water partition coefficient (Wildman–Crippen LogP) is 6.44. The molecule has 9 rings (SSSR count). The molecule has 4 aromatic carbocycles. The molecule has 0 spiro atoms. The van der Waals surface area contributed by atoms with Crippen molar-refractivity contribution in [2.24, 2.45) is 15.9 Å². The quantitative estimate of drug-likeness (QED) is 0.0908. The Morgan fingerprint density at radius 2 is 1.31 bits per heavy atom. The fraction of sp³-hybridized carbons (Fsp3) is 0.353. The van der Waals surface area contributed by atoms with Gasteiger partial charge in [0.15, 0.2) is 23.0 Å². The van der Waals surface area contributed by atoms with Crippen molar-refractivity contribution in [3.05, 3.63) is 130 Å². The van der Waals surface area contributed by atoms with Crippen LogP contribution in [0.25, 0.3) is 0 Å². The number of aliphatic imine (C=N–C) groups is 2. The van der Waals surface area contributed by atoms with Crippen molar-refractivity contribution in [1.29, 1.82) is 0 Å². The highest BCUT2D eigenvalue weighted by atomic mass is 16.6. The van der Waals surface area contributed by atoms with E-state index in [-0.39, 0.29) is 56.7 Å². The number of fused-ring (bicyclic) bond motifs is 8. The number of rotatable bonds is 21. The number of carboxylic acid groups (broad SMARTS) is 1. The summed E-state index contributed by atoms with van der Waals surface area (Å²) >= 11 is 0. The summed E-state index contributed by atoms with van der Waals surface area (Å²) in [4.78, 5) is 51.9. The van der Waals surface area contributed by atoms with Gasteiger partial charge in [0.25, 0.3) is 5.91 Å². The van der Waals surface area contributed by atoms with Crippen LogP contribution in [0.3, 0.4) is 0 Å². The molecule has 0 radical (unpaired) electrons. The molecule has 16 heteroatoms. The maximum Gasteiger partial charge on any atom is 0.305 e. The summed E-state index contributed by atoms with van der Waals surface area (Å²) in [5.41, 5.74) is 6.47. The largest absolute Gasteiger partial charge is 0.493 e. The van der Waals surface area contributed by atoms with E-state index < -0.39 is 17.9 Å². The maximum absolute atomic E-state index is 14.1. The number of ether oxygens (including phenoxy) is 8. The minimum Gasteiger partial charge on any atom is -0.493 e. The van der Waals surface area contributed by atoms with Gasteiger partial charge in [-0.15, -0.1) is 0 Å². The zero-order valence-electron chi connectivity index (χ0n) is 37.3. The third kappa shape index (κ3) is 10.1. The van der Waals surface area contributed by atoms with E-state index in [1.54, 1.807) is 30.2 Å². The van der Waals surface area contributed by atoms with E-state index in [2.05, 4.69) is 6.07 Å². The van der Waals surface area contributed by atoms with Crippen molar-refractivity contribution >= 4 is 47.3 Å². The third-order valence-electron chi connectivity index (χ3n) is 12.1. The molecule has 1 aliphatic carbocycles. The monoisotopic (exact) mass is 912 g/mol. The SMILES string of the molecule is COC1=CC2C(=O)N3c4ccccc4C[C@H]3C=NC2C=C1OCc1cc(COc2cc3c(cc2OC)C(=O)N2c4ccccc4CC2C=N3)cc(OCCOCCOCCOCCC(=O)O)c1. The molecule has 0 saturated carbocycles. The lowest BCUT2D eigenvalue weighted by atomic mass is 9.92. The van der Waals surface area contributed by atoms with Gasteiger partial charge in [-0.3, -0.25) is 29.3 Å². The van der Waals surface area contributed by atoms with Crippen molar-refractivity contribution in [1.82, 2.24) is 0 Å². The molecular weight excluding hydrogens is 861 g/mol. The number of methoxy groups -OCH3 is 2. The van der Waals surface area contributed by atoms with Crippen LogP contribution in [0.5, 0.6) is 17.2 Å². The van der Waals surface area contributed by atoms with Gasteiger partial charge >= 0.3 is 5.97 Å². The predicted molar refractivity (Wildman–Crippen MR) is 248 cm³/mol. The average Bonchev–Trinajstić information content (AvgIpc) is 3.83. The van der Waals surface area contributed by atoms with Gasteiger partial charge in [-0.1, -0.05) is 36.4 Å².